The van der Waals surface area contributed by atoms with E-state index in [0.29, 0.717) is 5.89 Å². The lowest BCUT2D eigenvalue weighted by Crippen LogP contribution is -2.32. The Balaban J connectivity index is 2.91. The van der Waals surface area contributed by atoms with Crippen molar-refractivity contribution in [2.45, 2.75) is 45.6 Å². The summed E-state index contributed by atoms with van der Waals surface area (Å²) in [5.41, 5.74) is 5.45. The summed E-state index contributed by atoms with van der Waals surface area (Å²) in [6.45, 7) is 7.94. The molecule has 0 saturated carbocycles. The van der Waals surface area contributed by atoms with Crippen LogP contribution in [0.4, 0.5) is 0 Å². The van der Waals surface area contributed by atoms with Gasteiger partial charge in [0.15, 0.2) is 5.82 Å². The standard InChI is InChI=1S/C9H17N3O/c1-5-9(4,10)8-11-7(6(2)3)12-13-8/h6H,5,10H2,1-4H3. The summed E-state index contributed by atoms with van der Waals surface area (Å²) in [6, 6.07) is 0. The average Bonchev–Trinajstić information content (AvgIpc) is 2.52. The molecular weight excluding hydrogens is 166 g/mol. The minimum absolute atomic E-state index is 0.283. The van der Waals surface area contributed by atoms with Crippen LogP contribution in [-0.4, -0.2) is 10.1 Å². The van der Waals surface area contributed by atoms with Crippen molar-refractivity contribution in [2.75, 3.05) is 0 Å². The van der Waals surface area contributed by atoms with Crippen molar-refractivity contribution in [3.05, 3.63) is 11.7 Å². The molecule has 0 bridgehead atoms. The van der Waals surface area contributed by atoms with Crippen LogP contribution in [0.15, 0.2) is 4.52 Å². The lowest BCUT2D eigenvalue weighted by molar-refractivity contribution is 0.289. The molecule has 0 saturated heterocycles. The van der Waals surface area contributed by atoms with Crippen LogP contribution in [0.1, 0.15) is 51.7 Å². The van der Waals surface area contributed by atoms with E-state index < -0.39 is 5.54 Å². The summed E-state index contributed by atoms with van der Waals surface area (Å²) in [5.74, 6) is 1.53. The first kappa shape index (κ1) is 10.2. The first-order chi connectivity index (χ1) is 5.97. The molecule has 0 amide bonds. The third-order valence-electron chi connectivity index (χ3n) is 2.18. The van der Waals surface area contributed by atoms with E-state index in [1.54, 1.807) is 0 Å². The smallest absolute Gasteiger partial charge is 0.246 e. The Morgan fingerprint density at radius 3 is 2.54 bits per heavy atom. The van der Waals surface area contributed by atoms with Crippen LogP contribution in [0.3, 0.4) is 0 Å². The van der Waals surface area contributed by atoms with E-state index in [1.807, 2.05) is 27.7 Å². The van der Waals surface area contributed by atoms with E-state index in [2.05, 4.69) is 10.1 Å². The van der Waals surface area contributed by atoms with Crippen LogP contribution in [0.2, 0.25) is 0 Å². The second-order valence-electron chi connectivity index (χ2n) is 3.88. The molecule has 0 aliphatic rings. The average molecular weight is 183 g/mol. The van der Waals surface area contributed by atoms with Crippen LogP contribution >= 0.6 is 0 Å². The second kappa shape index (κ2) is 3.46. The fraction of sp³-hybridized carbons (Fsp3) is 0.778. The molecule has 1 aromatic rings. The minimum Gasteiger partial charge on any atom is -0.337 e. The zero-order valence-corrected chi connectivity index (χ0v) is 8.66. The first-order valence-electron chi connectivity index (χ1n) is 4.60. The van der Waals surface area contributed by atoms with Crippen molar-refractivity contribution < 1.29 is 4.52 Å². The summed E-state index contributed by atoms with van der Waals surface area (Å²) < 4.78 is 5.10. The molecule has 1 aromatic heterocycles. The van der Waals surface area contributed by atoms with Crippen molar-refractivity contribution in [2.24, 2.45) is 5.73 Å². The molecule has 0 spiro atoms. The molecule has 1 unspecified atom stereocenters. The molecule has 0 aliphatic carbocycles. The van der Waals surface area contributed by atoms with Gasteiger partial charge >= 0.3 is 0 Å². The van der Waals surface area contributed by atoms with Crippen molar-refractivity contribution in [3.63, 3.8) is 0 Å². The van der Waals surface area contributed by atoms with Gasteiger partial charge in [0.1, 0.15) is 0 Å². The van der Waals surface area contributed by atoms with E-state index in [9.17, 15) is 0 Å². The van der Waals surface area contributed by atoms with Crippen LogP contribution in [0, 0.1) is 0 Å². The molecule has 0 aliphatic heterocycles. The topological polar surface area (TPSA) is 64.9 Å². The third-order valence-corrected chi connectivity index (χ3v) is 2.18. The molecule has 1 rings (SSSR count). The number of nitrogens with zero attached hydrogens (tertiary/aromatic N) is 2. The summed E-state index contributed by atoms with van der Waals surface area (Å²) in [6.07, 6.45) is 0.784. The zero-order chi connectivity index (χ0) is 10.1. The highest BCUT2D eigenvalue weighted by molar-refractivity contribution is 5.01. The highest BCUT2D eigenvalue weighted by Gasteiger charge is 2.26. The monoisotopic (exact) mass is 183 g/mol. The lowest BCUT2D eigenvalue weighted by atomic mass is 10.0. The SMILES string of the molecule is CCC(C)(N)c1nc(C(C)C)no1. The van der Waals surface area contributed by atoms with Gasteiger partial charge in [-0.25, -0.2) is 0 Å². The second-order valence-corrected chi connectivity index (χ2v) is 3.88. The van der Waals surface area contributed by atoms with Crippen molar-refractivity contribution >= 4 is 0 Å². The lowest BCUT2D eigenvalue weighted by Gasteiger charge is -2.16. The molecule has 74 valence electrons. The number of nitrogens with two attached hydrogens (primary N) is 1. The highest BCUT2D eigenvalue weighted by atomic mass is 16.5. The van der Waals surface area contributed by atoms with Crippen LogP contribution < -0.4 is 5.73 Å². The van der Waals surface area contributed by atoms with E-state index in [-0.39, 0.29) is 5.92 Å². The van der Waals surface area contributed by atoms with Gasteiger partial charge in [-0.2, -0.15) is 4.98 Å². The molecule has 0 radical (unpaired) electrons. The third kappa shape index (κ3) is 2.06. The van der Waals surface area contributed by atoms with E-state index in [0.717, 1.165) is 12.2 Å². The molecule has 4 nitrogen and oxygen atoms in total. The van der Waals surface area contributed by atoms with Crippen LogP contribution in [0.25, 0.3) is 0 Å². The molecule has 1 heterocycles. The van der Waals surface area contributed by atoms with Gasteiger partial charge in [-0.1, -0.05) is 25.9 Å². The Hall–Kier alpha value is -0.900. The van der Waals surface area contributed by atoms with Gasteiger partial charge in [0.25, 0.3) is 0 Å². The maximum absolute atomic E-state index is 5.95. The van der Waals surface area contributed by atoms with Crippen LogP contribution in [-0.2, 0) is 5.54 Å². The van der Waals surface area contributed by atoms with Crippen molar-refractivity contribution in [1.29, 1.82) is 0 Å². The van der Waals surface area contributed by atoms with Gasteiger partial charge in [0.05, 0.1) is 5.54 Å². The van der Waals surface area contributed by atoms with Gasteiger partial charge in [0.2, 0.25) is 5.89 Å². The summed E-state index contributed by atoms with van der Waals surface area (Å²) in [5, 5.41) is 3.86. The normalized spacial score (nSPS) is 16.2. The summed E-state index contributed by atoms with van der Waals surface area (Å²) in [4.78, 5) is 4.25. The fourth-order valence-electron chi connectivity index (χ4n) is 0.853. The molecule has 13 heavy (non-hydrogen) atoms. The van der Waals surface area contributed by atoms with E-state index in [1.165, 1.54) is 0 Å². The first-order valence-corrected chi connectivity index (χ1v) is 4.60. The maximum atomic E-state index is 5.95. The quantitative estimate of drug-likeness (QED) is 0.775. The van der Waals surface area contributed by atoms with Gasteiger partial charge in [0, 0.05) is 5.92 Å². The maximum Gasteiger partial charge on any atom is 0.246 e. The highest BCUT2D eigenvalue weighted by Crippen LogP contribution is 2.20. The predicted molar refractivity (Wildman–Crippen MR) is 50.2 cm³/mol. The van der Waals surface area contributed by atoms with Gasteiger partial charge in [-0.3, -0.25) is 0 Å². The van der Waals surface area contributed by atoms with Crippen molar-refractivity contribution in [1.82, 2.24) is 10.1 Å². The molecule has 4 heteroatoms. The van der Waals surface area contributed by atoms with E-state index in [4.69, 9.17) is 10.3 Å². The number of rotatable bonds is 3. The Labute approximate surface area is 78.5 Å². The van der Waals surface area contributed by atoms with Crippen LogP contribution in [0.5, 0.6) is 0 Å². The molecule has 0 fully saturated rings. The number of hydrogen-bond donors (Lipinski definition) is 1. The largest absolute Gasteiger partial charge is 0.337 e. The summed E-state index contributed by atoms with van der Waals surface area (Å²) >= 11 is 0. The molecule has 1 atom stereocenters. The predicted octanol–water partition coefficient (Wildman–Crippen LogP) is 1.78. The number of hydrogen-bond acceptors (Lipinski definition) is 4. The Morgan fingerprint density at radius 2 is 2.15 bits per heavy atom. The Bertz CT molecular complexity index is 278. The summed E-state index contributed by atoms with van der Waals surface area (Å²) in [7, 11) is 0. The Kier molecular flexibility index (Phi) is 2.71. The number of aromatic nitrogens is 2. The van der Waals surface area contributed by atoms with E-state index >= 15 is 0 Å². The van der Waals surface area contributed by atoms with Gasteiger partial charge in [-0.05, 0) is 13.3 Å². The Morgan fingerprint density at radius 1 is 1.54 bits per heavy atom. The molecule has 0 aromatic carbocycles. The van der Waals surface area contributed by atoms with Gasteiger partial charge in [-0.15, -0.1) is 0 Å². The fourth-order valence-corrected chi connectivity index (χ4v) is 0.853. The zero-order valence-electron chi connectivity index (χ0n) is 8.66. The van der Waals surface area contributed by atoms with Gasteiger partial charge < -0.3 is 10.3 Å². The minimum atomic E-state index is -0.500. The molecular formula is C9H17N3O. The molecule has 2 N–H and O–H groups in total. The van der Waals surface area contributed by atoms with Crippen molar-refractivity contribution in [3.8, 4) is 0 Å².